The van der Waals surface area contributed by atoms with Crippen LogP contribution in [0.4, 0.5) is 5.69 Å². The number of rotatable bonds is 5. The third kappa shape index (κ3) is 3.64. The molecule has 1 saturated carbocycles. The van der Waals surface area contributed by atoms with Crippen molar-refractivity contribution in [2.45, 2.75) is 56.9 Å². The Morgan fingerprint density at radius 1 is 1.29 bits per heavy atom. The van der Waals surface area contributed by atoms with Gasteiger partial charge in [-0.1, -0.05) is 6.07 Å². The van der Waals surface area contributed by atoms with Crippen molar-refractivity contribution in [1.82, 2.24) is 9.88 Å². The molecule has 2 heterocycles. The highest BCUT2D eigenvalue weighted by atomic mass is 16.5. The Bertz CT molecular complexity index is 871. The quantitative estimate of drug-likeness (QED) is 0.858. The van der Waals surface area contributed by atoms with E-state index >= 15 is 0 Å². The number of carbonyl (C=O) groups excluding carboxylic acids is 1. The third-order valence-corrected chi connectivity index (χ3v) is 6.42. The molecule has 6 heteroatoms. The molecule has 1 N–H and O–H groups in total. The second-order valence-corrected chi connectivity index (χ2v) is 8.03. The highest BCUT2D eigenvalue weighted by Crippen LogP contribution is 2.43. The minimum Gasteiger partial charge on any atom is -0.381 e. The molecule has 1 aromatic heterocycles. The van der Waals surface area contributed by atoms with E-state index in [1.54, 1.807) is 0 Å². The smallest absolute Gasteiger partial charge is 0.221 e. The zero-order valence-electron chi connectivity index (χ0n) is 16.9. The molecule has 1 amide bonds. The summed E-state index contributed by atoms with van der Waals surface area (Å²) < 4.78 is 11.7. The van der Waals surface area contributed by atoms with Crippen molar-refractivity contribution in [1.29, 1.82) is 0 Å². The van der Waals surface area contributed by atoms with Crippen LogP contribution in [0.3, 0.4) is 0 Å². The minimum absolute atomic E-state index is 0.0425. The molecule has 1 saturated heterocycles. The predicted octanol–water partition coefficient (Wildman–Crippen LogP) is 3.35. The Kier molecular flexibility index (Phi) is 5.36. The molecule has 1 aliphatic heterocycles. The maximum Gasteiger partial charge on any atom is 0.221 e. The van der Waals surface area contributed by atoms with E-state index in [1.165, 1.54) is 6.92 Å². The van der Waals surface area contributed by atoms with Gasteiger partial charge in [-0.05, 0) is 49.9 Å². The van der Waals surface area contributed by atoms with Crippen molar-refractivity contribution >= 4 is 22.5 Å². The van der Waals surface area contributed by atoms with Crippen LogP contribution in [0.2, 0.25) is 0 Å². The van der Waals surface area contributed by atoms with Crippen molar-refractivity contribution < 1.29 is 14.3 Å². The van der Waals surface area contributed by atoms with Crippen LogP contribution in [0.5, 0.6) is 0 Å². The van der Waals surface area contributed by atoms with E-state index in [4.69, 9.17) is 14.5 Å². The summed E-state index contributed by atoms with van der Waals surface area (Å²) in [5.41, 5.74) is 2.76. The van der Waals surface area contributed by atoms with Gasteiger partial charge in [0.2, 0.25) is 5.91 Å². The SMILES string of the molecule is CO[C@@H]1CC[C@@]2(OC)CCN(Cc3ccc4cc(NC(C)=O)ccc4n3)[C@H]2C1. The van der Waals surface area contributed by atoms with Gasteiger partial charge in [0, 0.05) is 51.3 Å². The Morgan fingerprint density at radius 2 is 2.14 bits per heavy atom. The lowest BCUT2D eigenvalue weighted by molar-refractivity contribution is -0.114. The van der Waals surface area contributed by atoms with E-state index in [9.17, 15) is 4.79 Å². The maximum absolute atomic E-state index is 11.3. The van der Waals surface area contributed by atoms with Crippen molar-refractivity contribution in [3.8, 4) is 0 Å². The Morgan fingerprint density at radius 3 is 2.89 bits per heavy atom. The van der Waals surface area contributed by atoms with Gasteiger partial charge in [0.1, 0.15) is 0 Å². The first-order valence-corrected chi connectivity index (χ1v) is 10.0. The number of aromatic nitrogens is 1. The lowest BCUT2D eigenvalue weighted by atomic mass is 9.79. The van der Waals surface area contributed by atoms with E-state index < -0.39 is 0 Å². The van der Waals surface area contributed by atoms with Gasteiger partial charge in [-0.3, -0.25) is 14.7 Å². The summed E-state index contributed by atoms with van der Waals surface area (Å²) in [6, 6.07) is 10.4. The fourth-order valence-corrected chi connectivity index (χ4v) is 4.90. The van der Waals surface area contributed by atoms with Gasteiger partial charge in [-0.25, -0.2) is 0 Å². The van der Waals surface area contributed by atoms with Crippen LogP contribution in [-0.2, 0) is 20.8 Å². The first kappa shape index (κ1) is 19.3. The van der Waals surface area contributed by atoms with E-state index in [0.29, 0.717) is 12.1 Å². The number of nitrogens with one attached hydrogen (secondary N) is 1. The molecule has 6 nitrogen and oxygen atoms in total. The molecule has 0 bridgehead atoms. The van der Waals surface area contributed by atoms with Crippen molar-refractivity contribution in [2.24, 2.45) is 0 Å². The Hall–Kier alpha value is -2.02. The number of pyridine rings is 1. The lowest BCUT2D eigenvalue weighted by Gasteiger charge is -2.43. The monoisotopic (exact) mass is 383 g/mol. The average Bonchev–Trinajstić information content (AvgIpc) is 3.05. The molecule has 150 valence electrons. The topological polar surface area (TPSA) is 63.7 Å². The van der Waals surface area contributed by atoms with E-state index in [0.717, 1.165) is 61.1 Å². The standard InChI is InChI=1S/C22H29N3O3/c1-15(26)23-17-6-7-20-16(12-17)4-5-18(24-20)14-25-11-10-22(28-3)9-8-19(27-2)13-21(22)25/h4-7,12,19,21H,8-11,13-14H2,1-3H3,(H,23,26)/t19-,21+,22-/m1/s1. The van der Waals surface area contributed by atoms with Gasteiger partial charge in [-0.15, -0.1) is 0 Å². The lowest BCUT2D eigenvalue weighted by Crippen LogP contribution is -2.51. The van der Waals surface area contributed by atoms with E-state index in [-0.39, 0.29) is 11.5 Å². The Labute approximate surface area is 166 Å². The molecule has 28 heavy (non-hydrogen) atoms. The van der Waals surface area contributed by atoms with Gasteiger partial charge >= 0.3 is 0 Å². The van der Waals surface area contributed by atoms with Crippen LogP contribution in [0, 0.1) is 0 Å². The number of amides is 1. The number of likely N-dealkylation sites (tertiary alicyclic amines) is 1. The van der Waals surface area contributed by atoms with Crippen molar-refractivity contribution in [3.63, 3.8) is 0 Å². The largest absolute Gasteiger partial charge is 0.381 e. The molecule has 2 aliphatic rings. The predicted molar refractivity (Wildman–Crippen MR) is 109 cm³/mol. The zero-order chi connectivity index (χ0) is 19.7. The summed E-state index contributed by atoms with van der Waals surface area (Å²) in [4.78, 5) is 18.6. The van der Waals surface area contributed by atoms with Crippen LogP contribution in [0.1, 0.15) is 38.3 Å². The van der Waals surface area contributed by atoms with E-state index in [2.05, 4.69) is 22.3 Å². The molecule has 3 atom stereocenters. The molecule has 0 spiro atoms. The van der Waals surface area contributed by atoms with Crippen LogP contribution >= 0.6 is 0 Å². The zero-order valence-corrected chi connectivity index (χ0v) is 16.9. The maximum atomic E-state index is 11.3. The molecule has 2 aromatic rings. The van der Waals surface area contributed by atoms with Gasteiger partial charge in [0.25, 0.3) is 0 Å². The fourth-order valence-electron chi connectivity index (χ4n) is 4.90. The number of hydrogen-bond donors (Lipinski definition) is 1. The second-order valence-electron chi connectivity index (χ2n) is 8.03. The number of nitrogens with zero attached hydrogens (tertiary/aromatic N) is 2. The van der Waals surface area contributed by atoms with Crippen LogP contribution < -0.4 is 5.32 Å². The van der Waals surface area contributed by atoms with Crippen molar-refractivity contribution in [2.75, 3.05) is 26.1 Å². The number of fused-ring (bicyclic) bond motifs is 2. The van der Waals surface area contributed by atoms with Crippen molar-refractivity contribution in [3.05, 3.63) is 36.0 Å². The number of benzene rings is 1. The van der Waals surface area contributed by atoms with Gasteiger partial charge in [0.05, 0.1) is 22.9 Å². The molecular formula is C22H29N3O3. The minimum atomic E-state index is -0.0681. The summed E-state index contributed by atoms with van der Waals surface area (Å²) in [5.74, 6) is -0.0681. The van der Waals surface area contributed by atoms with Gasteiger partial charge < -0.3 is 14.8 Å². The molecule has 1 aromatic carbocycles. The molecular weight excluding hydrogens is 354 g/mol. The first-order valence-electron chi connectivity index (χ1n) is 10.0. The summed E-state index contributed by atoms with van der Waals surface area (Å²) >= 11 is 0. The summed E-state index contributed by atoms with van der Waals surface area (Å²) in [6.45, 7) is 3.35. The van der Waals surface area contributed by atoms with Crippen LogP contribution in [-0.4, -0.2) is 54.3 Å². The van der Waals surface area contributed by atoms with Crippen LogP contribution in [0.15, 0.2) is 30.3 Å². The summed E-state index contributed by atoms with van der Waals surface area (Å²) in [6.07, 6.45) is 4.52. The number of methoxy groups -OCH3 is 2. The highest BCUT2D eigenvalue weighted by Gasteiger charge is 2.51. The average molecular weight is 383 g/mol. The molecule has 4 rings (SSSR count). The number of hydrogen-bond acceptors (Lipinski definition) is 5. The Balaban J connectivity index is 1.53. The normalized spacial score (nSPS) is 27.7. The van der Waals surface area contributed by atoms with Crippen LogP contribution in [0.25, 0.3) is 10.9 Å². The van der Waals surface area contributed by atoms with E-state index in [1.807, 2.05) is 32.4 Å². The molecule has 0 radical (unpaired) electrons. The van der Waals surface area contributed by atoms with Gasteiger partial charge in [-0.2, -0.15) is 0 Å². The number of carbonyl (C=O) groups is 1. The summed E-state index contributed by atoms with van der Waals surface area (Å²) in [5, 5.41) is 3.85. The molecule has 0 unspecified atom stereocenters. The second kappa shape index (κ2) is 7.78. The van der Waals surface area contributed by atoms with Gasteiger partial charge in [0.15, 0.2) is 0 Å². The highest BCUT2D eigenvalue weighted by molar-refractivity contribution is 5.92. The summed E-state index contributed by atoms with van der Waals surface area (Å²) in [7, 11) is 3.66. The number of ether oxygens (including phenoxy) is 2. The molecule has 1 aliphatic carbocycles. The first-order chi connectivity index (χ1) is 13.5. The molecule has 2 fully saturated rings. The number of anilines is 1. The third-order valence-electron chi connectivity index (χ3n) is 6.42. The fraction of sp³-hybridized carbons (Fsp3) is 0.545.